The maximum absolute atomic E-state index is 2.48. The van der Waals surface area contributed by atoms with E-state index in [4.69, 9.17) is 0 Å². The Kier molecular flexibility index (Phi) is 27.2. The van der Waals surface area contributed by atoms with E-state index in [1.165, 1.54) is 141 Å². The van der Waals surface area contributed by atoms with E-state index < -0.39 is 0 Å². The molecule has 1 atom stereocenters. The highest BCUT2D eigenvalue weighted by Crippen LogP contribution is 2.17. The van der Waals surface area contributed by atoms with Crippen molar-refractivity contribution in [2.24, 2.45) is 0 Å². The fourth-order valence-electron chi connectivity index (χ4n) is 4.72. The number of hydrogen-bond donors (Lipinski definition) is 0. The van der Waals surface area contributed by atoms with E-state index in [1.807, 2.05) is 0 Å². The number of hydrogen-bond acceptors (Lipinski definition) is 1. The fraction of sp³-hybridized carbons (Fsp3) is 0.875. The molecule has 0 heterocycles. The second-order valence-electron chi connectivity index (χ2n) is 10.6. The number of allylic oxidation sites excluding steroid dienone is 4. The van der Waals surface area contributed by atoms with Gasteiger partial charge in [0.15, 0.2) is 0 Å². The van der Waals surface area contributed by atoms with Gasteiger partial charge in [-0.25, -0.2) is 0 Å². The molecule has 0 amide bonds. The Morgan fingerprint density at radius 3 is 1.27 bits per heavy atom. The minimum Gasteiger partial charge on any atom is -0.306 e. The van der Waals surface area contributed by atoms with Crippen molar-refractivity contribution in [2.75, 3.05) is 14.1 Å². The lowest BCUT2D eigenvalue weighted by molar-refractivity contribution is 0.251. The number of unbranched alkanes of at least 4 members (excludes halogenated alkanes) is 17. The van der Waals surface area contributed by atoms with Gasteiger partial charge in [-0.15, -0.1) is 0 Å². The molecule has 0 aromatic heterocycles. The minimum absolute atomic E-state index is 0.812. The average Bonchev–Trinajstić information content (AvgIpc) is 2.81. The number of rotatable bonds is 26. The SMILES string of the molecule is CCCCC/C=C\CC=CCCCCCCCCCCCC(CCCCCCCC)N(C)C. The Hall–Kier alpha value is -0.560. The van der Waals surface area contributed by atoms with Crippen LogP contribution < -0.4 is 0 Å². The molecule has 0 rings (SSSR count). The van der Waals surface area contributed by atoms with Crippen LogP contribution in [0.5, 0.6) is 0 Å². The van der Waals surface area contributed by atoms with E-state index in [0.717, 1.165) is 12.5 Å². The summed E-state index contributed by atoms with van der Waals surface area (Å²) in [6.07, 6.45) is 41.4. The predicted octanol–water partition coefficient (Wildman–Crippen LogP) is 11.0. The Morgan fingerprint density at radius 1 is 0.455 bits per heavy atom. The smallest absolute Gasteiger partial charge is 0.00891 e. The van der Waals surface area contributed by atoms with E-state index >= 15 is 0 Å². The first kappa shape index (κ1) is 32.4. The molecule has 0 saturated carbocycles. The van der Waals surface area contributed by atoms with Crippen molar-refractivity contribution in [3.05, 3.63) is 24.3 Å². The van der Waals surface area contributed by atoms with Crippen molar-refractivity contribution >= 4 is 0 Å². The van der Waals surface area contributed by atoms with Crippen molar-refractivity contribution in [1.82, 2.24) is 4.90 Å². The molecular weight excluding hydrogens is 398 g/mol. The van der Waals surface area contributed by atoms with Gasteiger partial charge < -0.3 is 4.90 Å². The van der Waals surface area contributed by atoms with Crippen molar-refractivity contribution in [1.29, 1.82) is 0 Å². The van der Waals surface area contributed by atoms with E-state index in [0.29, 0.717) is 0 Å². The highest BCUT2D eigenvalue weighted by molar-refractivity contribution is 4.92. The van der Waals surface area contributed by atoms with Crippen molar-refractivity contribution < 1.29 is 0 Å². The van der Waals surface area contributed by atoms with Gasteiger partial charge >= 0.3 is 0 Å². The van der Waals surface area contributed by atoms with Crippen LogP contribution in [0.1, 0.15) is 162 Å². The zero-order chi connectivity index (χ0) is 24.2. The van der Waals surface area contributed by atoms with E-state index in [1.54, 1.807) is 0 Å². The largest absolute Gasteiger partial charge is 0.306 e. The maximum atomic E-state index is 2.48. The molecule has 0 aromatic carbocycles. The highest BCUT2D eigenvalue weighted by Gasteiger charge is 2.10. The molecule has 1 heteroatoms. The lowest BCUT2D eigenvalue weighted by Gasteiger charge is -2.24. The van der Waals surface area contributed by atoms with Gasteiger partial charge in [0.05, 0.1) is 0 Å². The van der Waals surface area contributed by atoms with Gasteiger partial charge in [0.1, 0.15) is 0 Å². The molecule has 0 aliphatic carbocycles. The first-order chi connectivity index (χ1) is 16.2. The lowest BCUT2D eigenvalue weighted by atomic mass is 9.99. The zero-order valence-electron chi connectivity index (χ0n) is 23.6. The minimum atomic E-state index is 0.812. The van der Waals surface area contributed by atoms with Crippen LogP contribution in [0.15, 0.2) is 24.3 Å². The van der Waals surface area contributed by atoms with Gasteiger partial charge in [-0.1, -0.05) is 141 Å². The summed E-state index contributed by atoms with van der Waals surface area (Å²) in [6.45, 7) is 4.57. The molecule has 0 aliphatic rings. The molecule has 0 bridgehead atoms. The molecule has 0 spiro atoms. The summed E-state index contributed by atoms with van der Waals surface area (Å²) in [7, 11) is 4.56. The summed E-state index contributed by atoms with van der Waals surface area (Å²) in [5.41, 5.74) is 0. The van der Waals surface area contributed by atoms with Gasteiger partial charge in [0, 0.05) is 6.04 Å². The Balaban J connectivity index is 3.40. The summed E-state index contributed by atoms with van der Waals surface area (Å²) >= 11 is 0. The zero-order valence-corrected chi connectivity index (χ0v) is 23.6. The van der Waals surface area contributed by atoms with E-state index in [-0.39, 0.29) is 0 Å². The first-order valence-corrected chi connectivity index (χ1v) is 15.2. The number of nitrogens with zero attached hydrogens (tertiary/aromatic N) is 1. The van der Waals surface area contributed by atoms with Gasteiger partial charge in [-0.05, 0) is 59.0 Å². The van der Waals surface area contributed by atoms with Crippen molar-refractivity contribution in [3.63, 3.8) is 0 Å². The van der Waals surface area contributed by atoms with Gasteiger partial charge in [0.25, 0.3) is 0 Å². The molecule has 0 N–H and O–H groups in total. The predicted molar refractivity (Wildman–Crippen MR) is 153 cm³/mol. The Morgan fingerprint density at radius 2 is 0.818 bits per heavy atom. The average molecular weight is 462 g/mol. The quantitative estimate of drug-likeness (QED) is 0.0914. The third-order valence-corrected chi connectivity index (χ3v) is 7.11. The van der Waals surface area contributed by atoms with E-state index in [9.17, 15) is 0 Å². The van der Waals surface area contributed by atoms with Crippen LogP contribution in [0, 0.1) is 0 Å². The van der Waals surface area contributed by atoms with Crippen LogP contribution in [0.25, 0.3) is 0 Å². The Labute approximate surface area is 210 Å². The molecule has 33 heavy (non-hydrogen) atoms. The molecule has 0 radical (unpaired) electrons. The molecule has 1 nitrogen and oxygen atoms in total. The van der Waals surface area contributed by atoms with Crippen LogP contribution in [0.2, 0.25) is 0 Å². The normalized spacial score (nSPS) is 13.1. The highest BCUT2D eigenvalue weighted by atomic mass is 15.1. The monoisotopic (exact) mass is 461 g/mol. The fourth-order valence-corrected chi connectivity index (χ4v) is 4.72. The topological polar surface area (TPSA) is 3.24 Å². The summed E-state index contributed by atoms with van der Waals surface area (Å²) < 4.78 is 0. The molecule has 196 valence electrons. The van der Waals surface area contributed by atoms with Gasteiger partial charge in [-0.3, -0.25) is 0 Å². The van der Waals surface area contributed by atoms with Crippen LogP contribution in [-0.4, -0.2) is 25.0 Å². The van der Waals surface area contributed by atoms with Crippen LogP contribution in [0.3, 0.4) is 0 Å². The molecule has 0 aromatic rings. The van der Waals surface area contributed by atoms with Crippen LogP contribution in [0.4, 0.5) is 0 Å². The lowest BCUT2D eigenvalue weighted by Crippen LogP contribution is -2.27. The standard InChI is InChI=1S/C32H63N/c1-5-7-9-11-13-14-15-16-17-18-19-20-21-22-23-24-25-27-29-31-32(33(3)4)30-28-26-12-10-8-6-2/h13-14,16-17,32H,5-12,15,18-31H2,1-4H3/b14-13-,17-16?. The van der Waals surface area contributed by atoms with Crippen molar-refractivity contribution in [2.45, 2.75) is 168 Å². The summed E-state index contributed by atoms with van der Waals surface area (Å²) in [5, 5.41) is 0. The first-order valence-electron chi connectivity index (χ1n) is 15.2. The third kappa shape index (κ3) is 25.9. The van der Waals surface area contributed by atoms with E-state index in [2.05, 4.69) is 57.1 Å². The maximum Gasteiger partial charge on any atom is 0.00891 e. The molecular formula is C32H63N. The van der Waals surface area contributed by atoms with Gasteiger partial charge in [0.2, 0.25) is 0 Å². The summed E-state index contributed by atoms with van der Waals surface area (Å²) in [6, 6.07) is 0.812. The third-order valence-electron chi connectivity index (χ3n) is 7.11. The Bertz CT molecular complexity index is 409. The van der Waals surface area contributed by atoms with Crippen LogP contribution in [-0.2, 0) is 0 Å². The summed E-state index contributed by atoms with van der Waals surface area (Å²) in [4.78, 5) is 2.48. The molecule has 0 fully saturated rings. The second kappa shape index (κ2) is 27.7. The van der Waals surface area contributed by atoms with Gasteiger partial charge in [-0.2, -0.15) is 0 Å². The molecule has 0 aliphatic heterocycles. The van der Waals surface area contributed by atoms with Crippen LogP contribution >= 0.6 is 0 Å². The molecule has 0 saturated heterocycles. The van der Waals surface area contributed by atoms with Crippen molar-refractivity contribution in [3.8, 4) is 0 Å². The summed E-state index contributed by atoms with van der Waals surface area (Å²) in [5.74, 6) is 0. The second-order valence-corrected chi connectivity index (χ2v) is 10.6. The molecule has 1 unspecified atom stereocenters.